The molecule has 9 rings (SSSR count). The van der Waals surface area contributed by atoms with Gasteiger partial charge in [0.05, 0.1) is 103 Å². The minimum absolute atomic E-state index is 0.00225. The van der Waals surface area contributed by atoms with E-state index in [1.54, 1.807) is 13.8 Å². The number of carboxylic acid groups (broad SMARTS) is 2. The van der Waals surface area contributed by atoms with Crippen LogP contribution in [-0.4, -0.2) is 150 Å². The van der Waals surface area contributed by atoms with E-state index >= 15 is 0 Å². The maximum absolute atomic E-state index is 12.9. The second-order valence-electron chi connectivity index (χ2n) is 17.3. The fourth-order valence-corrected chi connectivity index (χ4v) is 10.3. The van der Waals surface area contributed by atoms with Crippen LogP contribution in [0.25, 0.3) is 65.4 Å². The van der Waals surface area contributed by atoms with Gasteiger partial charge in [-0.15, -0.1) is 0 Å². The van der Waals surface area contributed by atoms with Gasteiger partial charge in [-0.1, -0.05) is 13.8 Å². The summed E-state index contributed by atoms with van der Waals surface area (Å²) in [5.74, 6) is -3.61. The zero-order valence-corrected chi connectivity index (χ0v) is 51.6. The van der Waals surface area contributed by atoms with E-state index in [4.69, 9.17) is 61.8 Å². The van der Waals surface area contributed by atoms with Gasteiger partial charge in [-0.3, -0.25) is 4.79 Å². The van der Waals surface area contributed by atoms with Crippen molar-refractivity contribution in [2.24, 2.45) is 0 Å². The van der Waals surface area contributed by atoms with Gasteiger partial charge in [-0.05, 0) is 103 Å². The van der Waals surface area contributed by atoms with Crippen molar-refractivity contribution in [3.63, 3.8) is 0 Å². The van der Waals surface area contributed by atoms with E-state index in [9.17, 15) is 43.8 Å². The number of aryl methyl sites for hydroxylation is 2. The predicted octanol–water partition coefficient (Wildman–Crippen LogP) is 9.30. The Hall–Kier alpha value is -10.3. The average Bonchev–Trinajstić information content (AvgIpc) is 1.42. The molecule has 28 nitrogen and oxygen atoms in total. The molecule has 462 valence electrons. The summed E-state index contributed by atoms with van der Waals surface area (Å²) in [5.41, 5.74) is 4.22. The SMILES string of the molecule is CCOC(=O)c1cc(C(=O)OCC)c2c(n1)c(OCC)c(OCC)c1cc(CC)[nH]c12.CCc1cc2c(Br)c(OC)c3nc(C(=O)OC)cc(C(=O)OC)c3c2[nH]1.COc1c(Br)c2cc(OC=O)nc2c2c(C(=O)O)cc(C(=O)O)[nH]c12.O=C=O.O=C=O. The van der Waals surface area contributed by atoms with Crippen LogP contribution in [0, 0.1) is 0 Å². The number of H-pyrrole nitrogens is 3. The molecule has 9 aromatic rings. The Morgan fingerprint density at radius 3 is 1.48 bits per heavy atom. The summed E-state index contributed by atoms with van der Waals surface area (Å²) in [7, 11) is 5.39. The highest BCUT2D eigenvalue weighted by atomic mass is 79.9. The lowest BCUT2D eigenvalue weighted by molar-refractivity contribution is -0.193. The Kier molecular flexibility index (Phi) is 24.3. The molecule has 0 aliphatic rings. The summed E-state index contributed by atoms with van der Waals surface area (Å²) >= 11 is 6.87. The van der Waals surface area contributed by atoms with Gasteiger partial charge in [0, 0.05) is 49.8 Å². The van der Waals surface area contributed by atoms with Gasteiger partial charge >= 0.3 is 48.1 Å². The smallest absolute Gasteiger partial charge is 0.373 e. The molecule has 0 aliphatic heterocycles. The summed E-state index contributed by atoms with van der Waals surface area (Å²) < 4.78 is 48.6. The van der Waals surface area contributed by atoms with Crippen molar-refractivity contribution in [3.05, 3.63) is 90.5 Å². The number of aromatic amines is 3. The Balaban J connectivity index is 0.000000231. The van der Waals surface area contributed by atoms with E-state index in [0.29, 0.717) is 77.6 Å². The number of pyridine rings is 3. The monoisotopic (exact) mass is 1340 g/mol. The van der Waals surface area contributed by atoms with Crippen LogP contribution >= 0.6 is 31.9 Å². The highest BCUT2D eigenvalue weighted by Crippen LogP contribution is 2.47. The van der Waals surface area contributed by atoms with E-state index in [0.717, 1.165) is 41.1 Å². The molecule has 0 amide bonds. The van der Waals surface area contributed by atoms with Crippen molar-refractivity contribution < 1.29 is 106 Å². The molecule has 30 heteroatoms. The van der Waals surface area contributed by atoms with Gasteiger partial charge < -0.3 is 67.8 Å². The summed E-state index contributed by atoms with van der Waals surface area (Å²) in [6.45, 7) is 12.6. The lowest BCUT2D eigenvalue weighted by Crippen LogP contribution is -2.13. The van der Waals surface area contributed by atoms with Crippen LogP contribution in [0.4, 0.5) is 0 Å². The van der Waals surface area contributed by atoms with E-state index in [1.807, 2.05) is 39.8 Å². The third kappa shape index (κ3) is 14.2. The van der Waals surface area contributed by atoms with Crippen molar-refractivity contribution in [2.45, 2.75) is 54.4 Å². The molecule has 3 aromatic carbocycles. The van der Waals surface area contributed by atoms with Crippen molar-refractivity contribution in [1.82, 2.24) is 29.9 Å². The second-order valence-corrected chi connectivity index (χ2v) is 18.9. The summed E-state index contributed by atoms with van der Waals surface area (Å²) in [6.07, 6.45) is 2.04. The molecule has 0 fully saturated rings. The van der Waals surface area contributed by atoms with E-state index < -0.39 is 35.8 Å². The number of nitrogens with one attached hydrogen (secondary N) is 3. The molecule has 0 aliphatic carbocycles. The number of halogens is 2. The lowest BCUT2D eigenvalue weighted by atomic mass is 10.0. The highest BCUT2D eigenvalue weighted by Gasteiger charge is 2.30. The number of carbonyl (C=O) groups is 7. The second kappa shape index (κ2) is 31.2. The molecule has 0 radical (unpaired) electrons. The number of carboxylic acids is 2. The van der Waals surface area contributed by atoms with Crippen LogP contribution in [0.5, 0.6) is 28.9 Å². The fourth-order valence-electron chi connectivity index (χ4n) is 9.01. The number of carbonyl (C=O) groups excluding carboxylic acids is 9. The largest absolute Gasteiger partial charge is 0.493 e. The van der Waals surface area contributed by atoms with E-state index in [1.165, 1.54) is 46.6 Å². The minimum atomic E-state index is -1.34. The molecule has 0 saturated heterocycles. The molecule has 88 heavy (non-hydrogen) atoms. The van der Waals surface area contributed by atoms with Gasteiger partial charge in [-0.2, -0.15) is 19.2 Å². The molecular formula is C58H54Br2N6O22. The molecule has 6 aromatic heterocycles. The number of aromatic carboxylic acids is 2. The zero-order chi connectivity index (χ0) is 65.3. The predicted molar refractivity (Wildman–Crippen MR) is 316 cm³/mol. The number of fused-ring (bicyclic) bond motifs is 9. The topological polar surface area (TPSA) is 397 Å². The van der Waals surface area contributed by atoms with Crippen LogP contribution in [0.2, 0.25) is 0 Å². The number of methoxy groups -OCH3 is 4. The summed E-state index contributed by atoms with van der Waals surface area (Å²) in [5, 5.41) is 22.0. The number of benzene rings is 3. The maximum Gasteiger partial charge on any atom is 0.373 e. The first kappa shape index (κ1) is 68.5. The Morgan fingerprint density at radius 1 is 0.511 bits per heavy atom. The average molecular weight is 1350 g/mol. The van der Waals surface area contributed by atoms with Crippen LogP contribution in [0.1, 0.15) is 115 Å². The first-order chi connectivity index (χ1) is 42.2. The van der Waals surface area contributed by atoms with Gasteiger partial charge in [0.2, 0.25) is 5.88 Å². The van der Waals surface area contributed by atoms with E-state index in [-0.39, 0.29) is 93.8 Å². The number of aromatic nitrogens is 6. The summed E-state index contributed by atoms with van der Waals surface area (Å²) in [4.78, 5) is 138. The summed E-state index contributed by atoms with van der Waals surface area (Å²) in [6, 6.07) is 9.19. The quantitative estimate of drug-likeness (QED) is 0.0303. The molecule has 6 heterocycles. The normalized spacial score (nSPS) is 10.4. The van der Waals surface area contributed by atoms with Gasteiger partial charge in [-0.25, -0.2) is 43.7 Å². The number of esters is 4. The fraction of sp³-hybridized carbons (Fsp3) is 0.276. The molecule has 0 unspecified atom stereocenters. The van der Waals surface area contributed by atoms with Crippen molar-refractivity contribution in [3.8, 4) is 28.9 Å². The molecule has 0 saturated carbocycles. The molecule has 0 spiro atoms. The van der Waals surface area contributed by atoms with E-state index in [2.05, 4.69) is 61.8 Å². The van der Waals surface area contributed by atoms with Crippen LogP contribution < -0.4 is 23.7 Å². The van der Waals surface area contributed by atoms with Gasteiger partial charge in [0.25, 0.3) is 6.47 Å². The Labute approximate surface area is 513 Å². The Morgan fingerprint density at radius 2 is 0.989 bits per heavy atom. The third-order valence-corrected chi connectivity index (χ3v) is 14.0. The number of rotatable bonds is 18. The standard InChI is InChI=1S/C23H28N2O6.C18H17BrN2O5.C15H9BrN2O7.2CO2/c1-6-13-11-15-18(24-13)17-14(22(26)30-9-4)12-16(23(27)31-10-5)25-19(17)21(29-8-3)20(15)28-7-2;1-5-8-6-10-13(19)16(24-2)15-12(14(10)20-8)9(17(22)25-3)7-11(21-15)18(23)26-4;1-24-13-10(16)6-3-8(25-4-19)18-11(6)9-5(14(20)21)2-7(15(22)23)17-12(9)13;2*2-1-3/h11-12,24H,6-10H2,1-5H3;6-7,20H,5H2,1-4H3;2-4,17H,1H3,(H,20,21)(H,22,23);;. The van der Waals surface area contributed by atoms with Crippen LogP contribution in [0.15, 0.2) is 45.3 Å². The lowest BCUT2D eigenvalue weighted by Gasteiger charge is -2.17. The number of hydrogen-bond acceptors (Lipinski definition) is 23. The first-order valence-electron chi connectivity index (χ1n) is 26.0. The number of hydrogen-bond donors (Lipinski definition) is 5. The van der Waals surface area contributed by atoms with Gasteiger partial charge in [0.1, 0.15) is 28.1 Å². The van der Waals surface area contributed by atoms with Gasteiger partial charge in [0.15, 0.2) is 23.0 Å². The third-order valence-electron chi connectivity index (χ3n) is 12.5. The maximum atomic E-state index is 12.9. The molecular weight excluding hydrogens is 1290 g/mol. The zero-order valence-electron chi connectivity index (χ0n) is 48.4. The molecule has 5 N–H and O–H groups in total. The van der Waals surface area contributed by atoms with Crippen LogP contribution in [0.3, 0.4) is 0 Å². The van der Waals surface area contributed by atoms with Crippen molar-refractivity contribution in [1.29, 1.82) is 0 Å². The molecule has 0 bridgehead atoms. The van der Waals surface area contributed by atoms with Crippen LogP contribution in [-0.2, 0) is 55.8 Å². The first-order valence-corrected chi connectivity index (χ1v) is 27.6. The Bertz CT molecular complexity index is 4240. The number of ether oxygens (including phenoxy) is 9. The molecule has 0 atom stereocenters. The van der Waals surface area contributed by atoms with Crippen molar-refractivity contribution >= 4 is 152 Å². The number of nitrogens with zero attached hydrogens (tertiary/aromatic N) is 3. The highest BCUT2D eigenvalue weighted by molar-refractivity contribution is 9.11. The van der Waals surface area contributed by atoms with Crippen molar-refractivity contribution in [2.75, 3.05) is 54.9 Å². The minimum Gasteiger partial charge on any atom is -0.493 e.